The summed E-state index contributed by atoms with van der Waals surface area (Å²) in [5.41, 5.74) is 6.89. The molecule has 0 fully saturated rings. The average Bonchev–Trinajstić information content (AvgIpc) is 2.92. The molecule has 3 N–H and O–H groups in total. The number of halogens is 1. The number of nitrogens with zero attached hydrogens (tertiary/aromatic N) is 1. The van der Waals surface area contributed by atoms with Gasteiger partial charge in [-0.3, -0.25) is 0 Å². The molecule has 0 saturated carbocycles. The summed E-state index contributed by atoms with van der Waals surface area (Å²) in [6.07, 6.45) is 0.675. The number of thiazole rings is 1. The van der Waals surface area contributed by atoms with Gasteiger partial charge in [-0.15, -0.1) is 23.7 Å². The van der Waals surface area contributed by atoms with Crippen LogP contribution in [-0.2, 0) is 10.0 Å². The number of hydrogen-bond acceptors (Lipinski definition) is 5. The van der Waals surface area contributed by atoms with Gasteiger partial charge in [-0.2, -0.15) is 0 Å². The Bertz CT molecular complexity index is 806. The van der Waals surface area contributed by atoms with E-state index in [-0.39, 0.29) is 23.8 Å². The Hall–Kier alpha value is -0.990. The van der Waals surface area contributed by atoms with Gasteiger partial charge < -0.3 is 5.73 Å². The van der Waals surface area contributed by atoms with Crippen molar-refractivity contribution in [3.63, 3.8) is 0 Å². The van der Waals surface area contributed by atoms with Crippen LogP contribution in [0.4, 0.5) is 0 Å². The summed E-state index contributed by atoms with van der Waals surface area (Å²) in [7, 11) is -3.65. The van der Waals surface area contributed by atoms with E-state index in [9.17, 15) is 8.42 Å². The van der Waals surface area contributed by atoms with Crippen LogP contribution >= 0.6 is 23.7 Å². The highest BCUT2D eigenvalue weighted by Crippen LogP contribution is 2.26. The van der Waals surface area contributed by atoms with Gasteiger partial charge in [0.25, 0.3) is 0 Å². The van der Waals surface area contributed by atoms with Crippen molar-refractivity contribution in [2.24, 2.45) is 11.7 Å². The molecule has 5 nitrogen and oxygen atoms in total. The molecule has 140 valence electrons. The standard InChI is InChI=1S/C17H25N3O2S2.ClH/c1-12(2)9-17(4,11-18)20-24(21,22)15-7-5-6-14(8-15)16-19-13(3)10-23-16;/h5-8,10,12,20H,9,11,18H2,1-4H3;1H. The van der Waals surface area contributed by atoms with Gasteiger partial charge in [-0.1, -0.05) is 26.0 Å². The predicted octanol–water partition coefficient (Wildman–Crippen LogP) is 3.58. The number of hydrogen-bond donors (Lipinski definition) is 2. The minimum atomic E-state index is -3.65. The van der Waals surface area contributed by atoms with E-state index in [0.29, 0.717) is 12.3 Å². The van der Waals surface area contributed by atoms with Gasteiger partial charge in [0.1, 0.15) is 5.01 Å². The zero-order valence-electron chi connectivity index (χ0n) is 14.9. The van der Waals surface area contributed by atoms with Crippen molar-refractivity contribution in [2.75, 3.05) is 6.54 Å². The fourth-order valence-electron chi connectivity index (χ4n) is 2.73. The van der Waals surface area contributed by atoms with E-state index in [2.05, 4.69) is 9.71 Å². The minimum Gasteiger partial charge on any atom is -0.329 e. The molecule has 0 spiro atoms. The molecule has 0 aliphatic rings. The summed E-state index contributed by atoms with van der Waals surface area (Å²) in [4.78, 5) is 4.65. The molecule has 1 heterocycles. The Morgan fingerprint density at radius 3 is 2.56 bits per heavy atom. The van der Waals surface area contributed by atoms with E-state index >= 15 is 0 Å². The first-order valence-corrected chi connectivity index (χ1v) is 10.3. The molecular weight excluding hydrogens is 378 g/mol. The minimum absolute atomic E-state index is 0. The van der Waals surface area contributed by atoms with Crippen molar-refractivity contribution in [3.8, 4) is 10.6 Å². The zero-order chi connectivity index (χ0) is 18.0. The Kier molecular flexibility index (Phi) is 7.58. The maximum Gasteiger partial charge on any atom is 0.241 e. The molecule has 0 amide bonds. The van der Waals surface area contributed by atoms with E-state index in [1.165, 1.54) is 11.3 Å². The van der Waals surface area contributed by atoms with Crippen LogP contribution in [0.25, 0.3) is 10.6 Å². The van der Waals surface area contributed by atoms with Crippen LogP contribution in [0.15, 0.2) is 34.5 Å². The van der Waals surface area contributed by atoms with Crippen LogP contribution in [0.5, 0.6) is 0 Å². The number of nitrogens with two attached hydrogens (primary N) is 1. The van der Waals surface area contributed by atoms with Crippen LogP contribution in [-0.4, -0.2) is 25.5 Å². The van der Waals surface area contributed by atoms with E-state index in [4.69, 9.17) is 5.73 Å². The van der Waals surface area contributed by atoms with Crippen LogP contribution in [0, 0.1) is 12.8 Å². The second-order valence-corrected chi connectivity index (χ2v) is 9.33. The number of sulfonamides is 1. The monoisotopic (exact) mass is 403 g/mol. The maximum absolute atomic E-state index is 12.8. The van der Waals surface area contributed by atoms with Crippen molar-refractivity contribution in [1.82, 2.24) is 9.71 Å². The molecule has 8 heteroatoms. The van der Waals surface area contributed by atoms with Crippen LogP contribution in [0.2, 0.25) is 0 Å². The van der Waals surface area contributed by atoms with E-state index in [1.807, 2.05) is 39.1 Å². The number of aryl methyl sites for hydroxylation is 1. The van der Waals surface area contributed by atoms with Gasteiger partial charge >= 0.3 is 0 Å². The first-order valence-electron chi connectivity index (χ1n) is 7.92. The summed E-state index contributed by atoms with van der Waals surface area (Å²) in [6, 6.07) is 6.86. The number of benzene rings is 1. The molecule has 1 aromatic heterocycles. The molecule has 0 saturated heterocycles. The molecule has 1 atom stereocenters. The van der Waals surface area contributed by atoms with E-state index < -0.39 is 15.6 Å². The van der Waals surface area contributed by atoms with Crippen LogP contribution in [0.1, 0.15) is 32.9 Å². The lowest BCUT2D eigenvalue weighted by Gasteiger charge is -2.30. The summed E-state index contributed by atoms with van der Waals surface area (Å²) in [5, 5.41) is 2.76. The second kappa shape index (κ2) is 8.60. The average molecular weight is 404 g/mol. The van der Waals surface area contributed by atoms with Crippen molar-refractivity contribution in [1.29, 1.82) is 0 Å². The molecule has 25 heavy (non-hydrogen) atoms. The third kappa shape index (κ3) is 5.76. The Morgan fingerprint density at radius 1 is 1.36 bits per heavy atom. The first-order chi connectivity index (χ1) is 11.1. The second-order valence-electron chi connectivity index (χ2n) is 6.79. The van der Waals surface area contributed by atoms with Gasteiger partial charge in [0.2, 0.25) is 10.0 Å². The van der Waals surface area contributed by atoms with Gasteiger partial charge in [0.15, 0.2) is 0 Å². The summed E-state index contributed by atoms with van der Waals surface area (Å²) >= 11 is 1.50. The molecule has 2 aromatic rings. The highest BCUT2D eigenvalue weighted by molar-refractivity contribution is 7.89. The fourth-order valence-corrected chi connectivity index (χ4v) is 5.00. The maximum atomic E-state index is 12.8. The van der Waals surface area contributed by atoms with Crippen molar-refractivity contribution in [3.05, 3.63) is 35.3 Å². The smallest absolute Gasteiger partial charge is 0.241 e. The number of rotatable bonds is 7. The largest absolute Gasteiger partial charge is 0.329 e. The van der Waals surface area contributed by atoms with Crippen molar-refractivity contribution in [2.45, 2.75) is 44.6 Å². The Balaban J connectivity index is 0.00000312. The first kappa shape index (κ1) is 22.1. The molecule has 0 aliphatic carbocycles. The molecule has 1 unspecified atom stereocenters. The summed E-state index contributed by atoms with van der Waals surface area (Å²) < 4.78 is 28.4. The highest BCUT2D eigenvalue weighted by atomic mass is 35.5. The van der Waals surface area contributed by atoms with Gasteiger partial charge in [0.05, 0.1) is 4.90 Å². The van der Waals surface area contributed by atoms with E-state index in [0.717, 1.165) is 16.3 Å². The molecule has 0 aliphatic heterocycles. The lowest BCUT2D eigenvalue weighted by atomic mass is 9.92. The fraction of sp³-hybridized carbons (Fsp3) is 0.471. The van der Waals surface area contributed by atoms with E-state index in [1.54, 1.807) is 18.2 Å². The van der Waals surface area contributed by atoms with Crippen LogP contribution < -0.4 is 10.5 Å². The predicted molar refractivity (Wildman–Crippen MR) is 107 cm³/mol. The van der Waals surface area contributed by atoms with Crippen molar-refractivity contribution >= 4 is 33.8 Å². The number of aromatic nitrogens is 1. The van der Waals surface area contributed by atoms with Crippen molar-refractivity contribution < 1.29 is 8.42 Å². The third-order valence-electron chi connectivity index (χ3n) is 3.70. The summed E-state index contributed by atoms with van der Waals surface area (Å²) in [5.74, 6) is 0.339. The molecule has 1 aromatic carbocycles. The molecular formula is C17H26ClN3O2S2. The summed E-state index contributed by atoms with van der Waals surface area (Å²) in [6.45, 7) is 8.11. The Morgan fingerprint density at radius 2 is 2.04 bits per heavy atom. The quantitative estimate of drug-likeness (QED) is 0.739. The SMILES string of the molecule is Cc1csc(-c2cccc(S(=O)(=O)NC(C)(CN)CC(C)C)c2)n1.Cl. The Labute approximate surface area is 160 Å². The van der Waals surface area contributed by atoms with Gasteiger partial charge in [-0.05, 0) is 38.3 Å². The number of nitrogens with one attached hydrogen (secondary N) is 1. The molecule has 2 rings (SSSR count). The lowest BCUT2D eigenvalue weighted by Crippen LogP contribution is -2.51. The third-order valence-corrected chi connectivity index (χ3v) is 6.35. The lowest BCUT2D eigenvalue weighted by molar-refractivity contribution is 0.344. The highest BCUT2D eigenvalue weighted by Gasteiger charge is 2.30. The normalized spacial score (nSPS) is 14.2. The molecule has 0 radical (unpaired) electrons. The topological polar surface area (TPSA) is 85.1 Å². The zero-order valence-corrected chi connectivity index (χ0v) is 17.4. The van der Waals surface area contributed by atoms with Gasteiger partial charge in [-0.25, -0.2) is 18.1 Å². The van der Waals surface area contributed by atoms with Gasteiger partial charge in [0, 0.05) is 28.7 Å². The van der Waals surface area contributed by atoms with Crippen LogP contribution in [0.3, 0.4) is 0 Å². The molecule has 0 bridgehead atoms.